The fourth-order valence-corrected chi connectivity index (χ4v) is 1.89. The lowest BCUT2D eigenvalue weighted by Gasteiger charge is -2.19. The topological polar surface area (TPSA) is 12.0 Å². The van der Waals surface area contributed by atoms with E-state index in [9.17, 15) is 0 Å². The summed E-state index contributed by atoms with van der Waals surface area (Å²) in [5.74, 6) is 6.14. The molecule has 1 rings (SSSR count). The predicted octanol–water partition coefficient (Wildman–Crippen LogP) is 3.37. The van der Waals surface area contributed by atoms with Crippen LogP contribution in [0.25, 0.3) is 0 Å². The number of aryl methyl sites for hydroxylation is 1. The smallest absolute Gasteiger partial charge is 0.0433 e. The zero-order valence-corrected chi connectivity index (χ0v) is 10.7. The molecular weight excluding hydrogens is 194 g/mol. The lowest BCUT2D eigenvalue weighted by molar-refractivity contribution is 0.562. The molecule has 0 aliphatic heterocycles. The molecule has 0 saturated carbocycles. The van der Waals surface area contributed by atoms with Crippen LogP contribution in [-0.4, -0.2) is 6.54 Å². The monoisotopic (exact) mass is 215 g/mol. The Labute approximate surface area is 99.3 Å². The largest absolute Gasteiger partial charge is 0.309 e. The zero-order chi connectivity index (χ0) is 12.0. The maximum atomic E-state index is 3.50. The van der Waals surface area contributed by atoms with Gasteiger partial charge in [0.2, 0.25) is 0 Å². The first-order valence-electron chi connectivity index (χ1n) is 5.89. The Hall–Kier alpha value is -1.26. The van der Waals surface area contributed by atoms with Crippen LogP contribution < -0.4 is 5.32 Å². The van der Waals surface area contributed by atoms with Gasteiger partial charge < -0.3 is 5.32 Å². The lowest BCUT2D eigenvalue weighted by atomic mass is 9.95. The van der Waals surface area contributed by atoms with Gasteiger partial charge >= 0.3 is 0 Å². The van der Waals surface area contributed by atoms with Crippen LogP contribution in [0.15, 0.2) is 18.2 Å². The van der Waals surface area contributed by atoms with E-state index < -0.39 is 0 Å². The van der Waals surface area contributed by atoms with Gasteiger partial charge in [-0.2, -0.15) is 0 Å². The van der Waals surface area contributed by atoms with Crippen LogP contribution in [0.5, 0.6) is 0 Å². The molecule has 0 aromatic heterocycles. The molecule has 1 N–H and O–H groups in total. The first-order chi connectivity index (χ1) is 7.70. The summed E-state index contributed by atoms with van der Waals surface area (Å²) in [7, 11) is 0. The molecule has 1 nitrogen and oxygen atoms in total. The van der Waals surface area contributed by atoms with Gasteiger partial charge in [0.25, 0.3) is 0 Å². The number of hydrogen-bond acceptors (Lipinski definition) is 1. The standard InChI is InChI=1S/C15H21N/c1-5-7-11-15(16-6-2)14-10-8-9-12(3)13(14)4/h8-10,15-16H,6,11H2,1-4H3. The second kappa shape index (κ2) is 6.35. The summed E-state index contributed by atoms with van der Waals surface area (Å²) in [5, 5.41) is 3.50. The van der Waals surface area contributed by atoms with E-state index in [-0.39, 0.29) is 0 Å². The Balaban J connectivity index is 2.98. The average molecular weight is 215 g/mol. The predicted molar refractivity (Wildman–Crippen MR) is 70.4 cm³/mol. The molecule has 0 fully saturated rings. The number of rotatable bonds is 4. The third kappa shape index (κ3) is 3.12. The van der Waals surface area contributed by atoms with Gasteiger partial charge in [-0.1, -0.05) is 25.1 Å². The summed E-state index contributed by atoms with van der Waals surface area (Å²) in [4.78, 5) is 0. The molecule has 0 aliphatic carbocycles. The van der Waals surface area contributed by atoms with Gasteiger partial charge in [0.15, 0.2) is 0 Å². The van der Waals surface area contributed by atoms with Crippen LogP contribution in [0.2, 0.25) is 0 Å². The van der Waals surface area contributed by atoms with Gasteiger partial charge in [0.05, 0.1) is 0 Å². The van der Waals surface area contributed by atoms with Crippen molar-refractivity contribution in [3.05, 3.63) is 34.9 Å². The second-order valence-electron chi connectivity index (χ2n) is 4.03. The van der Waals surface area contributed by atoms with Crippen molar-refractivity contribution in [2.45, 2.75) is 40.2 Å². The number of nitrogens with one attached hydrogen (secondary N) is 1. The fraction of sp³-hybridized carbons (Fsp3) is 0.467. The lowest BCUT2D eigenvalue weighted by Crippen LogP contribution is -2.21. The van der Waals surface area contributed by atoms with Crippen LogP contribution in [0, 0.1) is 25.7 Å². The Morgan fingerprint density at radius 1 is 1.31 bits per heavy atom. The molecule has 1 aromatic rings. The first-order valence-corrected chi connectivity index (χ1v) is 5.89. The minimum Gasteiger partial charge on any atom is -0.309 e. The average Bonchev–Trinajstić information content (AvgIpc) is 2.28. The summed E-state index contributed by atoms with van der Waals surface area (Å²) in [6.07, 6.45) is 0.884. The Morgan fingerprint density at radius 2 is 2.06 bits per heavy atom. The minimum absolute atomic E-state index is 0.359. The number of hydrogen-bond donors (Lipinski definition) is 1. The van der Waals surface area contributed by atoms with E-state index in [4.69, 9.17) is 0 Å². The van der Waals surface area contributed by atoms with Crippen molar-refractivity contribution >= 4 is 0 Å². The highest BCUT2D eigenvalue weighted by Gasteiger charge is 2.11. The van der Waals surface area contributed by atoms with Crippen molar-refractivity contribution in [2.75, 3.05) is 6.54 Å². The summed E-state index contributed by atoms with van der Waals surface area (Å²) in [6.45, 7) is 9.36. The van der Waals surface area contributed by atoms with Gasteiger partial charge in [-0.3, -0.25) is 0 Å². The third-order valence-corrected chi connectivity index (χ3v) is 2.96. The zero-order valence-electron chi connectivity index (χ0n) is 10.7. The molecule has 1 heteroatoms. The quantitative estimate of drug-likeness (QED) is 0.759. The van der Waals surface area contributed by atoms with Crippen LogP contribution in [0.3, 0.4) is 0 Å². The maximum absolute atomic E-state index is 3.50. The van der Waals surface area contributed by atoms with Gasteiger partial charge in [0.1, 0.15) is 0 Å². The van der Waals surface area contributed by atoms with Crippen LogP contribution >= 0.6 is 0 Å². The Bertz CT molecular complexity index is 396. The van der Waals surface area contributed by atoms with Crippen molar-refractivity contribution < 1.29 is 0 Å². The molecule has 0 saturated heterocycles. The van der Waals surface area contributed by atoms with Crippen molar-refractivity contribution in [3.63, 3.8) is 0 Å². The van der Waals surface area contributed by atoms with Crippen LogP contribution in [0.1, 0.15) is 43.0 Å². The third-order valence-electron chi connectivity index (χ3n) is 2.96. The molecule has 1 aromatic carbocycles. The first kappa shape index (κ1) is 12.8. The van der Waals surface area contributed by atoms with Gasteiger partial charge in [-0.25, -0.2) is 0 Å². The summed E-state index contributed by atoms with van der Waals surface area (Å²) in [5.41, 5.74) is 4.11. The minimum atomic E-state index is 0.359. The molecule has 0 spiro atoms. The van der Waals surface area contributed by atoms with Crippen molar-refractivity contribution in [2.24, 2.45) is 0 Å². The summed E-state index contributed by atoms with van der Waals surface area (Å²) in [6, 6.07) is 6.85. The van der Waals surface area contributed by atoms with E-state index >= 15 is 0 Å². The molecule has 0 heterocycles. The normalized spacial score (nSPS) is 11.8. The van der Waals surface area contributed by atoms with Crippen molar-refractivity contribution in [1.29, 1.82) is 0 Å². The SMILES string of the molecule is CC#CCC(NCC)c1cccc(C)c1C. The Kier molecular flexibility index (Phi) is 5.08. The number of benzene rings is 1. The highest BCUT2D eigenvalue weighted by molar-refractivity contribution is 5.36. The molecule has 86 valence electrons. The van der Waals surface area contributed by atoms with E-state index in [1.807, 2.05) is 6.92 Å². The molecule has 1 atom stereocenters. The fourth-order valence-electron chi connectivity index (χ4n) is 1.89. The second-order valence-corrected chi connectivity index (χ2v) is 4.03. The van der Waals surface area contributed by atoms with E-state index in [2.05, 4.69) is 56.1 Å². The maximum Gasteiger partial charge on any atom is 0.0433 e. The highest BCUT2D eigenvalue weighted by atomic mass is 14.9. The van der Waals surface area contributed by atoms with Crippen LogP contribution in [-0.2, 0) is 0 Å². The molecule has 1 unspecified atom stereocenters. The molecule has 0 aliphatic rings. The van der Waals surface area contributed by atoms with Gasteiger partial charge in [-0.15, -0.1) is 11.8 Å². The van der Waals surface area contributed by atoms with Crippen molar-refractivity contribution in [3.8, 4) is 11.8 Å². The molecule has 0 bridgehead atoms. The van der Waals surface area contributed by atoms with E-state index in [1.54, 1.807) is 0 Å². The van der Waals surface area contributed by atoms with Crippen LogP contribution in [0.4, 0.5) is 0 Å². The molecular formula is C15H21N. The van der Waals surface area contributed by atoms with E-state index in [1.165, 1.54) is 16.7 Å². The van der Waals surface area contributed by atoms with Gasteiger partial charge in [-0.05, 0) is 44.0 Å². The molecule has 0 amide bonds. The molecule has 0 radical (unpaired) electrons. The summed E-state index contributed by atoms with van der Waals surface area (Å²) >= 11 is 0. The van der Waals surface area contributed by atoms with Gasteiger partial charge in [0, 0.05) is 12.5 Å². The molecule has 16 heavy (non-hydrogen) atoms. The Morgan fingerprint density at radius 3 is 2.69 bits per heavy atom. The van der Waals surface area contributed by atoms with E-state index in [0.717, 1.165) is 13.0 Å². The highest BCUT2D eigenvalue weighted by Crippen LogP contribution is 2.22. The van der Waals surface area contributed by atoms with E-state index in [0.29, 0.717) is 6.04 Å². The summed E-state index contributed by atoms with van der Waals surface area (Å²) < 4.78 is 0. The van der Waals surface area contributed by atoms with Crippen molar-refractivity contribution in [1.82, 2.24) is 5.32 Å².